The number of carbonyl (C=O) groups excluding carboxylic acids is 1. The monoisotopic (exact) mass is 857 g/mol. The fourth-order valence-corrected chi connectivity index (χ4v) is 9.51. The number of nitrogens with one attached hydrogen (secondary N) is 1. The predicted molar refractivity (Wildman–Crippen MR) is 237 cm³/mol. The summed E-state index contributed by atoms with van der Waals surface area (Å²) >= 11 is 0. The van der Waals surface area contributed by atoms with Gasteiger partial charge in [-0.3, -0.25) is 9.36 Å². The zero-order valence-corrected chi connectivity index (χ0v) is 36.6. The maximum atomic E-state index is 13.2. The molecule has 0 aliphatic carbocycles. The molecule has 0 spiro atoms. The first-order valence-corrected chi connectivity index (χ1v) is 21.7. The lowest BCUT2D eigenvalue weighted by Crippen LogP contribution is -2.39. The smallest absolute Gasteiger partial charge is 0.259 e. The first-order valence-electron chi connectivity index (χ1n) is 20.6. The van der Waals surface area contributed by atoms with E-state index in [2.05, 4.69) is 70.8 Å². The number of hydrogen-bond acceptors (Lipinski definition) is 12. The Labute approximate surface area is 363 Å². The van der Waals surface area contributed by atoms with Crippen LogP contribution in [0.1, 0.15) is 73.8 Å². The third kappa shape index (κ3) is 9.64. The van der Waals surface area contributed by atoms with Crippen molar-refractivity contribution in [1.29, 1.82) is 5.26 Å². The van der Waals surface area contributed by atoms with Crippen LogP contribution in [-0.4, -0.2) is 81.8 Å². The van der Waals surface area contributed by atoms with Crippen LogP contribution < -0.4 is 14.8 Å². The van der Waals surface area contributed by atoms with Gasteiger partial charge in [0.25, 0.3) is 14.4 Å². The van der Waals surface area contributed by atoms with Crippen molar-refractivity contribution in [2.45, 2.75) is 76.7 Å². The summed E-state index contributed by atoms with van der Waals surface area (Å²) in [5, 5.41) is 12.3. The molecule has 1 N–H and O–H groups in total. The van der Waals surface area contributed by atoms with Gasteiger partial charge in [0.1, 0.15) is 35.8 Å². The number of fused-ring (bicyclic) bond motifs is 1. The lowest BCUT2D eigenvalue weighted by Gasteiger charge is -2.39. The second-order valence-electron chi connectivity index (χ2n) is 15.2. The molecule has 15 heteroatoms. The molecule has 3 heterocycles. The minimum atomic E-state index is -1.66. The van der Waals surface area contributed by atoms with E-state index >= 15 is 0 Å². The van der Waals surface area contributed by atoms with E-state index in [-0.39, 0.29) is 43.4 Å². The molecule has 7 rings (SSSR count). The van der Waals surface area contributed by atoms with Crippen molar-refractivity contribution in [2.75, 3.05) is 32.8 Å². The number of nitrogens with zero attached hydrogens (tertiary/aromatic N) is 6. The fraction of sp³-hybridized carbons (Fsp3) is 0.340. The van der Waals surface area contributed by atoms with Gasteiger partial charge in [0.15, 0.2) is 17.0 Å². The summed E-state index contributed by atoms with van der Waals surface area (Å²) < 4.78 is 43.0. The van der Waals surface area contributed by atoms with E-state index in [1.54, 1.807) is 44.8 Å². The van der Waals surface area contributed by atoms with Gasteiger partial charge in [0.2, 0.25) is 0 Å². The number of nitriles is 1. The number of hydrogen-bond donors (Lipinski definition) is 1. The van der Waals surface area contributed by atoms with Crippen LogP contribution in [0.5, 0.6) is 11.5 Å². The van der Waals surface area contributed by atoms with Crippen LogP contribution >= 0.6 is 8.53 Å². The van der Waals surface area contributed by atoms with E-state index in [4.69, 9.17) is 28.0 Å². The largest absolute Gasteiger partial charge is 0.497 e. The molecule has 4 aromatic carbocycles. The summed E-state index contributed by atoms with van der Waals surface area (Å²) in [5.41, 5.74) is 2.89. The number of ether oxygens (including phenoxy) is 4. The Kier molecular flexibility index (Phi) is 14.6. The zero-order chi connectivity index (χ0) is 43.6. The van der Waals surface area contributed by atoms with Gasteiger partial charge < -0.3 is 33.3 Å². The number of carbonyl (C=O) groups is 1. The van der Waals surface area contributed by atoms with Gasteiger partial charge in [-0.25, -0.2) is 19.6 Å². The SMILES string of the molecule is COc1ccc(C(OC[C@H]2O[C@@H](n3cnc4c(NC(=O)c5ccccc5)ncnc43)CC2OP(OCCC#N)N(C(C)C)C(C)C)(c2ccccc2)c2ccc(OC)cc2)cc1. The van der Waals surface area contributed by atoms with Crippen LogP contribution in [-0.2, 0) is 24.1 Å². The van der Waals surface area contributed by atoms with Gasteiger partial charge in [-0.15, -0.1) is 0 Å². The fourth-order valence-electron chi connectivity index (χ4n) is 7.75. The minimum absolute atomic E-state index is 0.0747. The molecular formula is C47H52N7O7P. The molecule has 62 heavy (non-hydrogen) atoms. The predicted octanol–water partition coefficient (Wildman–Crippen LogP) is 9.05. The van der Waals surface area contributed by atoms with Gasteiger partial charge in [-0.2, -0.15) is 5.26 Å². The van der Waals surface area contributed by atoms with Crippen molar-refractivity contribution in [1.82, 2.24) is 24.2 Å². The van der Waals surface area contributed by atoms with Crippen molar-refractivity contribution in [2.24, 2.45) is 0 Å². The van der Waals surface area contributed by atoms with E-state index in [0.717, 1.165) is 16.7 Å². The molecule has 1 saturated heterocycles. The Hall–Kier alpha value is -5.78. The molecule has 2 unspecified atom stereocenters. The highest BCUT2D eigenvalue weighted by Gasteiger charge is 2.45. The summed E-state index contributed by atoms with van der Waals surface area (Å²) in [5.74, 6) is 1.39. The van der Waals surface area contributed by atoms with Gasteiger partial charge in [0.05, 0.1) is 52.4 Å². The molecule has 0 radical (unpaired) electrons. The molecular weight excluding hydrogens is 806 g/mol. The summed E-state index contributed by atoms with van der Waals surface area (Å²) in [7, 11) is 1.62. The molecule has 1 amide bonds. The van der Waals surface area contributed by atoms with Gasteiger partial charge in [-0.1, -0.05) is 72.8 Å². The Morgan fingerprint density at radius 3 is 2.05 bits per heavy atom. The van der Waals surface area contributed by atoms with E-state index in [9.17, 15) is 10.1 Å². The maximum Gasteiger partial charge on any atom is 0.259 e. The zero-order valence-electron chi connectivity index (χ0n) is 35.8. The van der Waals surface area contributed by atoms with Crippen LogP contribution in [0.25, 0.3) is 11.2 Å². The first kappa shape index (κ1) is 44.3. The second-order valence-corrected chi connectivity index (χ2v) is 16.6. The van der Waals surface area contributed by atoms with Crippen LogP contribution in [0.3, 0.4) is 0 Å². The maximum absolute atomic E-state index is 13.2. The Balaban J connectivity index is 1.28. The van der Waals surface area contributed by atoms with Crippen molar-refractivity contribution in [3.05, 3.63) is 144 Å². The molecule has 1 aliphatic heterocycles. The normalized spacial score (nSPS) is 17.1. The highest BCUT2D eigenvalue weighted by molar-refractivity contribution is 7.44. The third-order valence-corrected chi connectivity index (χ3v) is 12.8. The molecule has 0 saturated carbocycles. The van der Waals surface area contributed by atoms with Gasteiger partial charge >= 0.3 is 0 Å². The average Bonchev–Trinajstić information content (AvgIpc) is 3.92. The second kappa shape index (κ2) is 20.4. The van der Waals surface area contributed by atoms with Crippen molar-refractivity contribution in [3.63, 3.8) is 0 Å². The van der Waals surface area contributed by atoms with Gasteiger partial charge in [-0.05, 0) is 80.8 Å². The molecule has 6 aromatic rings. The highest BCUT2D eigenvalue weighted by Crippen LogP contribution is 2.51. The molecule has 2 aromatic heterocycles. The number of rotatable bonds is 19. The Bertz CT molecular complexity index is 2360. The summed E-state index contributed by atoms with van der Waals surface area (Å²) in [6.07, 6.45) is 1.84. The topological polar surface area (TPSA) is 155 Å². The molecule has 0 bridgehead atoms. The van der Waals surface area contributed by atoms with E-state index in [1.165, 1.54) is 6.33 Å². The van der Waals surface area contributed by atoms with Crippen molar-refractivity contribution in [3.8, 4) is 17.6 Å². The van der Waals surface area contributed by atoms with E-state index < -0.39 is 32.6 Å². The Morgan fingerprint density at radius 2 is 1.47 bits per heavy atom. The molecule has 1 aliphatic rings. The lowest BCUT2D eigenvalue weighted by atomic mass is 9.80. The summed E-state index contributed by atoms with van der Waals surface area (Å²) in [4.78, 5) is 26.8. The minimum Gasteiger partial charge on any atom is -0.497 e. The lowest BCUT2D eigenvalue weighted by molar-refractivity contribution is -0.0912. The van der Waals surface area contributed by atoms with Crippen molar-refractivity contribution >= 4 is 31.4 Å². The summed E-state index contributed by atoms with van der Waals surface area (Å²) in [6, 6.07) is 37.1. The highest BCUT2D eigenvalue weighted by atomic mass is 31.2. The standard InChI is InChI=1S/C47H52N7O7P/c1-32(2)54(33(3)4)62(59-27-13-26-48)61-40-28-42(53-31-51-43-44(49-30-50-45(43)53)52-46(55)34-14-9-7-10-15-34)60-41(40)29-58-47(35-16-11-8-12-17-35,36-18-22-38(56-5)23-19-36)37-20-24-39(57-6)25-21-37/h7-12,14-25,30-33,40-42H,13,27-29H2,1-6H3,(H,49,50,52,55)/t40?,41-,42-,62?/m1/s1. The molecule has 4 atom stereocenters. The number of aromatic nitrogens is 4. The number of benzene rings is 4. The number of methoxy groups -OCH3 is 2. The quantitative estimate of drug-likeness (QED) is 0.0469. The van der Waals surface area contributed by atoms with E-state index in [0.29, 0.717) is 34.6 Å². The van der Waals surface area contributed by atoms with E-state index in [1.807, 2.05) is 77.4 Å². The summed E-state index contributed by atoms with van der Waals surface area (Å²) in [6.45, 7) is 8.70. The number of amides is 1. The Morgan fingerprint density at radius 1 is 0.871 bits per heavy atom. The van der Waals surface area contributed by atoms with Gasteiger partial charge in [0, 0.05) is 24.1 Å². The average molecular weight is 858 g/mol. The van der Waals surface area contributed by atoms with Crippen LogP contribution in [0.2, 0.25) is 0 Å². The van der Waals surface area contributed by atoms with Crippen LogP contribution in [0.4, 0.5) is 5.82 Å². The first-order chi connectivity index (χ1) is 30.2. The number of anilines is 1. The number of imidazole rings is 1. The molecule has 1 fully saturated rings. The molecule has 14 nitrogen and oxygen atoms in total. The van der Waals surface area contributed by atoms with Crippen LogP contribution in [0.15, 0.2) is 122 Å². The third-order valence-electron chi connectivity index (χ3n) is 10.6. The molecule has 322 valence electrons. The van der Waals surface area contributed by atoms with Crippen molar-refractivity contribution < 1.29 is 32.8 Å². The van der Waals surface area contributed by atoms with Crippen LogP contribution in [0, 0.1) is 11.3 Å².